The van der Waals surface area contributed by atoms with Gasteiger partial charge in [0, 0.05) is 19.9 Å². The van der Waals surface area contributed by atoms with Gasteiger partial charge in [-0.15, -0.1) is 0 Å². The molecule has 0 radical (unpaired) electrons. The molecule has 0 aliphatic heterocycles. The Balaban J connectivity index is 2.14. The van der Waals surface area contributed by atoms with E-state index in [0.717, 1.165) is 5.69 Å². The monoisotopic (exact) mass is 220 g/mol. The van der Waals surface area contributed by atoms with Gasteiger partial charge in [-0.3, -0.25) is 0 Å². The molecule has 0 amide bonds. The number of imidazole rings is 1. The Morgan fingerprint density at radius 3 is 3.00 bits per heavy atom. The summed E-state index contributed by atoms with van der Waals surface area (Å²) in [6.45, 7) is 1.54. The van der Waals surface area contributed by atoms with Crippen molar-refractivity contribution in [1.29, 1.82) is 0 Å². The number of Topliss-reactive ketones (excluding diaryl/α,β-unsaturated/α-hetero) is 1. The van der Waals surface area contributed by atoms with Crippen molar-refractivity contribution in [3.05, 3.63) is 18.4 Å². The molecule has 2 aromatic rings. The summed E-state index contributed by atoms with van der Waals surface area (Å²) in [5.74, 6) is 1.09. The van der Waals surface area contributed by atoms with Crippen molar-refractivity contribution < 1.29 is 9.32 Å². The molecule has 2 rings (SSSR count). The van der Waals surface area contributed by atoms with Crippen molar-refractivity contribution in [2.75, 3.05) is 0 Å². The Morgan fingerprint density at radius 2 is 2.38 bits per heavy atom. The molecular weight excluding hydrogens is 208 g/mol. The molecule has 0 unspecified atom stereocenters. The number of carbonyl (C=O) groups excluding carboxylic acids is 1. The first-order valence-electron chi connectivity index (χ1n) is 4.95. The summed E-state index contributed by atoms with van der Waals surface area (Å²) >= 11 is 0. The van der Waals surface area contributed by atoms with Gasteiger partial charge < -0.3 is 13.9 Å². The molecule has 0 aliphatic rings. The smallest absolute Gasteiger partial charge is 0.227 e. The summed E-state index contributed by atoms with van der Waals surface area (Å²) in [7, 11) is 1.86. The van der Waals surface area contributed by atoms with Crippen LogP contribution in [-0.2, 0) is 18.3 Å². The SMILES string of the molecule is CC(=O)CCc1nc(-c2cncn2C)no1. The highest BCUT2D eigenvalue weighted by molar-refractivity contribution is 5.75. The van der Waals surface area contributed by atoms with Crippen LogP contribution in [0.2, 0.25) is 0 Å². The number of carbonyl (C=O) groups is 1. The number of nitrogens with zero attached hydrogens (tertiary/aromatic N) is 4. The van der Waals surface area contributed by atoms with Crippen LogP contribution in [0, 0.1) is 0 Å². The lowest BCUT2D eigenvalue weighted by atomic mass is 10.2. The standard InChI is InChI=1S/C10H12N4O2/c1-7(15)3-4-9-12-10(13-16-9)8-5-11-6-14(8)2/h5-6H,3-4H2,1-2H3. The molecule has 0 saturated carbocycles. The van der Waals surface area contributed by atoms with Gasteiger partial charge in [-0.1, -0.05) is 5.16 Å². The highest BCUT2D eigenvalue weighted by Gasteiger charge is 2.11. The van der Waals surface area contributed by atoms with Crippen molar-refractivity contribution in [3.63, 3.8) is 0 Å². The third-order valence-corrected chi connectivity index (χ3v) is 2.20. The molecule has 0 spiro atoms. The second-order valence-corrected chi connectivity index (χ2v) is 3.60. The van der Waals surface area contributed by atoms with Crippen LogP contribution in [-0.4, -0.2) is 25.5 Å². The minimum atomic E-state index is 0.111. The number of aromatic nitrogens is 4. The van der Waals surface area contributed by atoms with E-state index in [1.165, 1.54) is 0 Å². The Labute approximate surface area is 92.3 Å². The summed E-state index contributed by atoms with van der Waals surface area (Å²) in [5, 5.41) is 3.84. The van der Waals surface area contributed by atoms with E-state index in [-0.39, 0.29) is 5.78 Å². The predicted octanol–water partition coefficient (Wildman–Crippen LogP) is 0.992. The van der Waals surface area contributed by atoms with Crippen LogP contribution >= 0.6 is 0 Å². The molecule has 2 aromatic heterocycles. The normalized spacial score (nSPS) is 10.6. The second-order valence-electron chi connectivity index (χ2n) is 3.60. The average molecular weight is 220 g/mol. The molecule has 0 bridgehead atoms. The molecule has 0 atom stereocenters. The number of hydrogen-bond acceptors (Lipinski definition) is 5. The van der Waals surface area contributed by atoms with Crippen LogP contribution < -0.4 is 0 Å². The van der Waals surface area contributed by atoms with Crippen LogP contribution in [0.15, 0.2) is 17.0 Å². The molecule has 16 heavy (non-hydrogen) atoms. The Bertz CT molecular complexity index is 500. The topological polar surface area (TPSA) is 73.8 Å². The van der Waals surface area contributed by atoms with Gasteiger partial charge in [-0.25, -0.2) is 4.98 Å². The van der Waals surface area contributed by atoms with Gasteiger partial charge in [-0.05, 0) is 6.92 Å². The first kappa shape index (κ1) is 10.5. The zero-order valence-electron chi connectivity index (χ0n) is 9.17. The van der Waals surface area contributed by atoms with Crippen molar-refractivity contribution in [1.82, 2.24) is 19.7 Å². The zero-order chi connectivity index (χ0) is 11.5. The third-order valence-electron chi connectivity index (χ3n) is 2.20. The van der Waals surface area contributed by atoms with Crippen molar-refractivity contribution in [2.24, 2.45) is 7.05 Å². The fourth-order valence-corrected chi connectivity index (χ4v) is 1.32. The maximum atomic E-state index is 10.8. The van der Waals surface area contributed by atoms with Gasteiger partial charge in [0.15, 0.2) is 0 Å². The predicted molar refractivity (Wildman–Crippen MR) is 55.5 cm³/mol. The van der Waals surface area contributed by atoms with Gasteiger partial charge in [0.05, 0.1) is 12.5 Å². The van der Waals surface area contributed by atoms with E-state index in [4.69, 9.17) is 4.52 Å². The zero-order valence-corrected chi connectivity index (χ0v) is 9.17. The van der Waals surface area contributed by atoms with Crippen molar-refractivity contribution in [2.45, 2.75) is 19.8 Å². The van der Waals surface area contributed by atoms with Crippen LogP contribution in [0.25, 0.3) is 11.5 Å². The Morgan fingerprint density at radius 1 is 1.56 bits per heavy atom. The molecule has 0 aromatic carbocycles. The van der Waals surface area contributed by atoms with E-state index in [0.29, 0.717) is 24.6 Å². The van der Waals surface area contributed by atoms with E-state index in [1.54, 1.807) is 24.0 Å². The average Bonchev–Trinajstić information content (AvgIpc) is 2.83. The van der Waals surface area contributed by atoms with E-state index < -0.39 is 0 Å². The summed E-state index contributed by atoms with van der Waals surface area (Å²) in [6.07, 6.45) is 4.24. The number of rotatable bonds is 4. The van der Waals surface area contributed by atoms with Gasteiger partial charge in [-0.2, -0.15) is 4.98 Å². The van der Waals surface area contributed by atoms with Crippen LogP contribution in [0.3, 0.4) is 0 Å². The van der Waals surface area contributed by atoms with Gasteiger partial charge in [0.1, 0.15) is 11.5 Å². The van der Waals surface area contributed by atoms with Gasteiger partial charge in [0.2, 0.25) is 11.7 Å². The minimum absolute atomic E-state index is 0.111. The highest BCUT2D eigenvalue weighted by atomic mass is 16.5. The fourth-order valence-electron chi connectivity index (χ4n) is 1.32. The molecule has 0 N–H and O–H groups in total. The summed E-state index contributed by atoms with van der Waals surface area (Å²) in [5.41, 5.74) is 0.790. The van der Waals surface area contributed by atoms with Crippen LogP contribution in [0.1, 0.15) is 19.2 Å². The molecular formula is C10H12N4O2. The lowest BCUT2D eigenvalue weighted by molar-refractivity contribution is -0.117. The molecule has 0 fully saturated rings. The lowest BCUT2D eigenvalue weighted by Gasteiger charge is -1.93. The molecule has 0 saturated heterocycles. The molecule has 84 valence electrons. The first-order chi connectivity index (χ1) is 7.66. The number of ketones is 1. The Kier molecular flexibility index (Phi) is 2.80. The van der Waals surface area contributed by atoms with Crippen molar-refractivity contribution in [3.8, 4) is 11.5 Å². The van der Waals surface area contributed by atoms with Crippen LogP contribution in [0.5, 0.6) is 0 Å². The fraction of sp³-hybridized carbons (Fsp3) is 0.400. The van der Waals surface area contributed by atoms with Crippen LogP contribution in [0.4, 0.5) is 0 Å². The van der Waals surface area contributed by atoms with E-state index in [9.17, 15) is 4.79 Å². The molecule has 2 heterocycles. The first-order valence-corrected chi connectivity index (χ1v) is 4.95. The maximum Gasteiger partial charge on any atom is 0.227 e. The summed E-state index contributed by atoms with van der Waals surface area (Å²) in [6, 6.07) is 0. The summed E-state index contributed by atoms with van der Waals surface area (Å²) in [4.78, 5) is 19.0. The third kappa shape index (κ3) is 2.16. The maximum absolute atomic E-state index is 10.8. The van der Waals surface area contributed by atoms with Crippen molar-refractivity contribution >= 4 is 5.78 Å². The van der Waals surface area contributed by atoms with E-state index >= 15 is 0 Å². The van der Waals surface area contributed by atoms with E-state index in [1.807, 2.05) is 7.05 Å². The number of hydrogen-bond donors (Lipinski definition) is 0. The lowest BCUT2D eigenvalue weighted by Crippen LogP contribution is -1.94. The molecule has 6 nitrogen and oxygen atoms in total. The quantitative estimate of drug-likeness (QED) is 0.768. The van der Waals surface area contributed by atoms with Gasteiger partial charge in [0.25, 0.3) is 0 Å². The molecule has 6 heteroatoms. The molecule has 0 aliphatic carbocycles. The summed E-state index contributed by atoms with van der Waals surface area (Å²) < 4.78 is 6.84. The van der Waals surface area contributed by atoms with E-state index in [2.05, 4.69) is 15.1 Å². The second kappa shape index (κ2) is 4.26. The number of aryl methyl sites for hydroxylation is 2. The van der Waals surface area contributed by atoms with Gasteiger partial charge >= 0.3 is 0 Å². The highest BCUT2D eigenvalue weighted by Crippen LogP contribution is 2.14. The minimum Gasteiger partial charge on any atom is -0.339 e. The Hall–Kier alpha value is -1.98. The largest absolute Gasteiger partial charge is 0.339 e.